The van der Waals surface area contributed by atoms with Crippen LogP contribution in [0.1, 0.15) is 25.8 Å². The molecule has 116 valence electrons. The fourth-order valence-corrected chi connectivity index (χ4v) is 3.21. The van der Waals surface area contributed by atoms with E-state index in [-0.39, 0.29) is 10.6 Å². The minimum Gasteiger partial charge on any atom is -0.300 e. The van der Waals surface area contributed by atoms with Gasteiger partial charge in [-0.25, -0.2) is 0 Å². The highest BCUT2D eigenvalue weighted by Crippen LogP contribution is 2.25. The molecule has 5 nitrogen and oxygen atoms in total. The van der Waals surface area contributed by atoms with Gasteiger partial charge in [0.15, 0.2) is 0 Å². The molecule has 0 bridgehead atoms. The van der Waals surface area contributed by atoms with Gasteiger partial charge < -0.3 is 0 Å². The molecule has 0 saturated carbocycles. The molecule has 1 aromatic rings. The Hall–Kier alpha value is -1.17. The topological polar surface area (TPSA) is 49.6 Å². The quantitative estimate of drug-likeness (QED) is 0.598. The summed E-state index contributed by atoms with van der Waals surface area (Å²) in [5, 5.41) is 11.5. The third-order valence-corrected chi connectivity index (χ3v) is 4.58. The van der Waals surface area contributed by atoms with E-state index in [9.17, 15) is 10.1 Å². The summed E-state index contributed by atoms with van der Waals surface area (Å²) in [6.07, 6.45) is 1.15. The Morgan fingerprint density at radius 2 is 2.14 bits per heavy atom. The van der Waals surface area contributed by atoms with Crippen molar-refractivity contribution in [2.24, 2.45) is 0 Å². The van der Waals surface area contributed by atoms with Crippen molar-refractivity contribution in [3.63, 3.8) is 0 Å². The van der Waals surface area contributed by atoms with Crippen LogP contribution < -0.4 is 0 Å². The molecular weight excluding hydrogens is 290 g/mol. The average molecular weight is 312 g/mol. The normalized spacial score (nSPS) is 19.3. The molecule has 0 amide bonds. The third-order valence-electron chi connectivity index (χ3n) is 4.21. The van der Waals surface area contributed by atoms with E-state index in [0.717, 1.165) is 38.2 Å². The van der Waals surface area contributed by atoms with E-state index in [1.165, 1.54) is 6.07 Å². The zero-order valence-electron chi connectivity index (χ0n) is 12.6. The number of hydrogen-bond acceptors (Lipinski definition) is 4. The summed E-state index contributed by atoms with van der Waals surface area (Å²) in [6.45, 7) is 9.19. The molecule has 1 atom stereocenters. The Labute approximate surface area is 130 Å². The molecule has 0 spiro atoms. The first-order valence-electron chi connectivity index (χ1n) is 7.44. The van der Waals surface area contributed by atoms with Crippen molar-refractivity contribution in [2.75, 3.05) is 26.2 Å². The maximum atomic E-state index is 10.9. The van der Waals surface area contributed by atoms with Crippen LogP contribution in [0.4, 0.5) is 5.69 Å². The average Bonchev–Trinajstić information content (AvgIpc) is 2.91. The van der Waals surface area contributed by atoms with Crippen molar-refractivity contribution in [3.05, 3.63) is 38.9 Å². The van der Waals surface area contributed by atoms with E-state index in [2.05, 4.69) is 23.6 Å². The van der Waals surface area contributed by atoms with Gasteiger partial charge in [-0.1, -0.05) is 25.4 Å². The summed E-state index contributed by atoms with van der Waals surface area (Å²) in [5.74, 6) is 0. The van der Waals surface area contributed by atoms with E-state index >= 15 is 0 Å². The van der Waals surface area contributed by atoms with Gasteiger partial charge in [-0.15, -0.1) is 0 Å². The predicted octanol–water partition coefficient (Wildman–Crippen LogP) is 3.16. The maximum Gasteiger partial charge on any atom is 0.269 e. The monoisotopic (exact) mass is 311 g/mol. The predicted molar refractivity (Wildman–Crippen MR) is 84.7 cm³/mol. The molecular formula is C15H22ClN3O2. The van der Waals surface area contributed by atoms with Gasteiger partial charge in [0.1, 0.15) is 0 Å². The largest absolute Gasteiger partial charge is 0.300 e. The number of nitro benzene ring substituents is 1. The van der Waals surface area contributed by atoms with Crippen molar-refractivity contribution >= 4 is 17.3 Å². The molecule has 1 aliphatic rings. The fraction of sp³-hybridized carbons (Fsp3) is 0.600. The summed E-state index contributed by atoms with van der Waals surface area (Å²) in [6, 6.07) is 5.24. The Morgan fingerprint density at radius 3 is 2.76 bits per heavy atom. The molecule has 6 heteroatoms. The molecule has 0 N–H and O–H groups in total. The first-order chi connectivity index (χ1) is 10.0. The maximum absolute atomic E-state index is 10.9. The Morgan fingerprint density at radius 1 is 1.43 bits per heavy atom. The second-order valence-electron chi connectivity index (χ2n) is 5.43. The van der Waals surface area contributed by atoms with E-state index in [1.54, 1.807) is 12.1 Å². The SMILES string of the molecule is CCN(CC)C1CCN(Cc2cc([N+](=O)[O-])ccc2Cl)C1. The zero-order chi connectivity index (χ0) is 15.4. The van der Waals surface area contributed by atoms with E-state index in [1.807, 2.05) is 0 Å². The van der Waals surface area contributed by atoms with Crippen LogP contribution in [-0.4, -0.2) is 46.9 Å². The van der Waals surface area contributed by atoms with Crippen LogP contribution >= 0.6 is 11.6 Å². The molecule has 1 fully saturated rings. The van der Waals surface area contributed by atoms with Gasteiger partial charge in [0.25, 0.3) is 5.69 Å². The molecule has 0 radical (unpaired) electrons. The summed E-state index contributed by atoms with van der Waals surface area (Å²) in [5.41, 5.74) is 0.944. The number of halogens is 1. The molecule has 1 saturated heterocycles. The zero-order valence-corrected chi connectivity index (χ0v) is 13.3. The van der Waals surface area contributed by atoms with Crippen LogP contribution in [0, 0.1) is 10.1 Å². The van der Waals surface area contributed by atoms with Crippen molar-refractivity contribution in [1.82, 2.24) is 9.80 Å². The summed E-state index contributed by atoms with van der Waals surface area (Å²) in [7, 11) is 0. The van der Waals surface area contributed by atoms with Crippen LogP contribution in [0.25, 0.3) is 0 Å². The van der Waals surface area contributed by atoms with E-state index < -0.39 is 0 Å². The van der Waals surface area contributed by atoms with Crippen molar-refractivity contribution in [2.45, 2.75) is 32.9 Å². The lowest BCUT2D eigenvalue weighted by Gasteiger charge is -2.26. The molecule has 21 heavy (non-hydrogen) atoms. The second kappa shape index (κ2) is 7.20. The summed E-state index contributed by atoms with van der Waals surface area (Å²) >= 11 is 6.17. The number of likely N-dealkylation sites (tertiary alicyclic amines) is 1. The first-order valence-corrected chi connectivity index (χ1v) is 7.82. The highest BCUT2D eigenvalue weighted by Gasteiger charge is 2.26. The van der Waals surface area contributed by atoms with Crippen molar-refractivity contribution < 1.29 is 4.92 Å². The van der Waals surface area contributed by atoms with Gasteiger partial charge in [-0.05, 0) is 31.1 Å². The number of non-ortho nitro benzene ring substituents is 1. The third kappa shape index (κ3) is 3.93. The van der Waals surface area contributed by atoms with Crippen LogP contribution in [0.2, 0.25) is 5.02 Å². The molecule has 1 unspecified atom stereocenters. The Balaban J connectivity index is 2.03. The van der Waals surface area contributed by atoms with Gasteiger partial charge in [-0.3, -0.25) is 19.9 Å². The van der Waals surface area contributed by atoms with E-state index in [0.29, 0.717) is 17.6 Å². The Bertz CT molecular complexity index is 506. The minimum atomic E-state index is -0.373. The van der Waals surface area contributed by atoms with Crippen LogP contribution in [0.3, 0.4) is 0 Å². The van der Waals surface area contributed by atoms with Gasteiger partial charge in [-0.2, -0.15) is 0 Å². The highest BCUT2D eigenvalue weighted by atomic mass is 35.5. The molecule has 1 aromatic carbocycles. The molecule has 0 aromatic heterocycles. The van der Waals surface area contributed by atoms with Crippen molar-refractivity contribution in [3.8, 4) is 0 Å². The fourth-order valence-electron chi connectivity index (χ4n) is 3.03. The number of nitrogens with zero attached hydrogens (tertiary/aromatic N) is 3. The molecule has 0 aliphatic carbocycles. The second-order valence-corrected chi connectivity index (χ2v) is 5.84. The van der Waals surface area contributed by atoms with Crippen molar-refractivity contribution in [1.29, 1.82) is 0 Å². The van der Waals surface area contributed by atoms with Crippen LogP contribution in [0.5, 0.6) is 0 Å². The van der Waals surface area contributed by atoms with Crippen LogP contribution in [-0.2, 0) is 6.54 Å². The number of benzene rings is 1. The minimum absolute atomic E-state index is 0.105. The Kier molecular flexibility index (Phi) is 5.56. The highest BCUT2D eigenvalue weighted by molar-refractivity contribution is 6.31. The van der Waals surface area contributed by atoms with Gasteiger partial charge in [0.2, 0.25) is 0 Å². The standard InChI is InChI=1S/C15H22ClN3O2/c1-3-18(4-2)14-7-8-17(11-14)10-12-9-13(19(20)21)5-6-15(12)16/h5-6,9,14H,3-4,7-8,10-11H2,1-2H3. The van der Waals surface area contributed by atoms with Gasteiger partial charge in [0.05, 0.1) is 4.92 Å². The van der Waals surface area contributed by atoms with Gasteiger partial charge in [0, 0.05) is 42.8 Å². The van der Waals surface area contributed by atoms with Gasteiger partial charge >= 0.3 is 0 Å². The van der Waals surface area contributed by atoms with Crippen LogP contribution in [0.15, 0.2) is 18.2 Å². The van der Waals surface area contributed by atoms with E-state index in [4.69, 9.17) is 11.6 Å². The summed E-state index contributed by atoms with van der Waals surface area (Å²) < 4.78 is 0. The lowest BCUT2D eigenvalue weighted by Crippen LogP contribution is -2.37. The number of likely N-dealkylation sites (N-methyl/N-ethyl adjacent to an activating group) is 1. The lowest BCUT2D eigenvalue weighted by molar-refractivity contribution is -0.384. The molecule has 2 rings (SSSR count). The summed E-state index contributed by atoms with van der Waals surface area (Å²) in [4.78, 5) is 15.3. The lowest BCUT2D eigenvalue weighted by atomic mass is 10.2. The number of hydrogen-bond donors (Lipinski definition) is 0. The number of nitro groups is 1. The smallest absolute Gasteiger partial charge is 0.269 e. The molecule has 1 aliphatic heterocycles. The number of rotatable bonds is 6. The molecule has 1 heterocycles. The first kappa shape index (κ1) is 16.2.